The number of benzene rings is 1. The number of rotatable bonds is 4. The monoisotopic (exact) mass is 223 g/mol. The van der Waals surface area contributed by atoms with E-state index < -0.39 is 6.55 Å². The average Bonchev–Trinajstić information content (AvgIpc) is 2.76. The maximum Gasteiger partial charge on any atom is 0.319 e. The van der Waals surface area contributed by atoms with Gasteiger partial charge in [0.2, 0.25) is 0 Å². The van der Waals surface area contributed by atoms with Crippen LogP contribution in [0.1, 0.15) is 12.4 Å². The number of alkyl halides is 2. The third kappa shape index (κ3) is 2.36. The minimum Gasteiger partial charge on any atom is -0.378 e. The van der Waals surface area contributed by atoms with Crippen LogP contribution in [0.3, 0.4) is 0 Å². The van der Waals surface area contributed by atoms with Crippen molar-refractivity contribution in [2.45, 2.75) is 13.1 Å². The summed E-state index contributed by atoms with van der Waals surface area (Å²) in [5, 5.41) is 3.03. The number of hydrogen-bond acceptors (Lipinski definition) is 2. The molecule has 16 heavy (non-hydrogen) atoms. The molecule has 0 aliphatic heterocycles. The van der Waals surface area contributed by atoms with E-state index in [1.165, 1.54) is 12.4 Å². The molecule has 0 aliphatic carbocycles. The molecular formula is C11H11F2N3. The highest BCUT2D eigenvalue weighted by Gasteiger charge is 2.10. The smallest absolute Gasteiger partial charge is 0.319 e. The van der Waals surface area contributed by atoms with Gasteiger partial charge in [-0.2, -0.15) is 8.78 Å². The van der Waals surface area contributed by atoms with Gasteiger partial charge in [-0.3, -0.25) is 4.57 Å². The maximum absolute atomic E-state index is 12.5. The van der Waals surface area contributed by atoms with Gasteiger partial charge in [0.25, 0.3) is 0 Å². The number of hydrogen-bond donors (Lipinski definition) is 1. The average molecular weight is 223 g/mol. The standard InChI is InChI=1S/C11H11F2N3/c12-11(13)16-7-6-14-10(16)8-15-9-4-2-1-3-5-9/h1-7,11,15H,8H2. The first-order chi connectivity index (χ1) is 7.77. The van der Waals surface area contributed by atoms with E-state index in [1.807, 2.05) is 30.3 Å². The highest BCUT2D eigenvalue weighted by atomic mass is 19.3. The Morgan fingerprint density at radius 1 is 1.25 bits per heavy atom. The molecule has 1 aromatic carbocycles. The van der Waals surface area contributed by atoms with E-state index in [1.54, 1.807) is 0 Å². The van der Waals surface area contributed by atoms with Gasteiger partial charge in [-0.15, -0.1) is 0 Å². The van der Waals surface area contributed by atoms with Gasteiger partial charge in [0.05, 0.1) is 6.54 Å². The van der Waals surface area contributed by atoms with Crippen molar-refractivity contribution < 1.29 is 8.78 Å². The van der Waals surface area contributed by atoms with Crippen LogP contribution in [0, 0.1) is 0 Å². The number of para-hydroxylation sites is 1. The molecule has 0 fully saturated rings. The van der Waals surface area contributed by atoms with Crippen LogP contribution in [0.25, 0.3) is 0 Å². The number of nitrogens with one attached hydrogen (secondary N) is 1. The highest BCUT2D eigenvalue weighted by molar-refractivity contribution is 5.42. The van der Waals surface area contributed by atoms with Crippen LogP contribution < -0.4 is 5.32 Å². The zero-order valence-electron chi connectivity index (χ0n) is 8.48. The van der Waals surface area contributed by atoms with Crippen LogP contribution in [0.15, 0.2) is 42.7 Å². The highest BCUT2D eigenvalue weighted by Crippen LogP contribution is 2.13. The maximum atomic E-state index is 12.5. The van der Waals surface area contributed by atoms with Crippen LogP contribution in [-0.2, 0) is 6.54 Å². The molecule has 1 heterocycles. The zero-order chi connectivity index (χ0) is 11.4. The Bertz CT molecular complexity index is 440. The van der Waals surface area contributed by atoms with Crippen LogP contribution in [0.4, 0.5) is 14.5 Å². The van der Waals surface area contributed by atoms with Gasteiger partial charge in [0, 0.05) is 18.1 Å². The molecule has 5 heteroatoms. The molecular weight excluding hydrogens is 212 g/mol. The molecule has 0 amide bonds. The van der Waals surface area contributed by atoms with Crippen LogP contribution >= 0.6 is 0 Å². The van der Waals surface area contributed by atoms with Crippen LogP contribution in [0.5, 0.6) is 0 Å². The minimum absolute atomic E-state index is 0.279. The Balaban J connectivity index is 2.02. The first-order valence-electron chi connectivity index (χ1n) is 4.86. The lowest BCUT2D eigenvalue weighted by Gasteiger charge is -2.08. The van der Waals surface area contributed by atoms with Crippen LogP contribution in [0.2, 0.25) is 0 Å². The lowest BCUT2D eigenvalue weighted by Crippen LogP contribution is -2.08. The Morgan fingerprint density at radius 2 is 2.00 bits per heavy atom. The summed E-state index contributed by atoms with van der Waals surface area (Å²) >= 11 is 0. The molecule has 0 unspecified atom stereocenters. The molecule has 2 aromatic rings. The van der Waals surface area contributed by atoms with E-state index >= 15 is 0 Å². The SMILES string of the molecule is FC(F)n1ccnc1CNc1ccccc1. The summed E-state index contributed by atoms with van der Waals surface area (Å²) < 4.78 is 25.8. The van der Waals surface area contributed by atoms with Crippen molar-refractivity contribution in [2.24, 2.45) is 0 Å². The molecule has 0 radical (unpaired) electrons. The van der Waals surface area contributed by atoms with Crippen molar-refractivity contribution in [1.82, 2.24) is 9.55 Å². The number of anilines is 1. The topological polar surface area (TPSA) is 29.9 Å². The Kier molecular flexibility index (Phi) is 3.14. The van der Waals surface area contributed by atoms with Crippen molar-refractivity contribution in [3.8, 4) is 0 Å². The van der Waals surface area contributed by atoms with Crippen molar-refractivity contribution in [3.05, 3.63) is 48.5 Å². The van der Waals surface area contributed by atoms with Gasteiger partial charge in [-0.1, -0.05) is 18.2 Å². The van der Waals surface area contributed by atoms with Crippen molar-refractivity contribution in [3.63, 3.8) is 0 Å². The third-order valence-corrected chi connectivity index (χ3v) is 2.18. The predicted molar refractivity (Wildman–Crippen MR) is 57.2 cm³/mol. The second kappa shape index (κ2) is 4.74. The molecule has 0 bridgehead atoms. The van der Waals surface area contributed by atoms with E-state index in [0.29, 0.717) is 5.82 Å². The molecule has 1 aromatic heterocycles. The number of aromatic nitrogens is 2. The molecule has 0 spiro atoms. The summed E-state index contributed by atoms with van der Waals surface area (Å²) in [5.74, 6) is 0.318. The third-order valence-electron chi connectivity index (χ3n) is 2.18. The fraction of sp³-hybridized carbons (Fsp3) is 0.182. The first-order valence-corrected chi connectivity index (χ1v) is 4.86. The van der Waals surface area contributed by atoms with Crippen molar-refractivity contribution >= 4 is 5.69 Å². The van der Waals surface area contributed by atoms with Crippen molar-refractivity contribution in [1.29, 1.82) is 0 Å². The molecule has 3 nitrogen and oxygen atoms in total. The second-order valence-corrected chi connectivity index (χ2v) is 3.25. The van der Waals surface area contributed by atoms with Crippen LogP contribution in [-0.4, -0.2) is 9.55 Å². The summed E-state index contributed by atoms with van der Waals surface area (Å²) in [7, 11) is 0. The van der Waals surface area contributed by atoms with E-state index in [-0.39, 0.29) is 6.54 Å². The number of halogens is 2. The van der Waals surface area contributed by atoms with Gasteiger partial charge in [0.1, 0.15) is 5.82 Å². The molecule has 0 aliphatic rings. The summed E-state index contributed by atoms with van der Waals surface area (Å²) in [6, 6.07) is 9.39. The van der Waals surface area contributed by atoms with Gasteiger partial charge in [-0.25, -0.2) is 4.98 Å². The van der Waals surface area contributed by atoms with E-state index in [4.69, 9.17) is 0 Å². The minimum atomic E-state index is -2.55. The summed E-state index contributed by atoms with van der Waals surface area (Å²) in [4.78, 5) is 3.87. The Labute approximate surface area is 91.7 Å². The lowest BCUT2D eigenvalue weighted by molar-refractivity contribution is 0.0673. The van der Waals surface area contributed by atoms with E-state index in [2.05, 4.69) is 10.3 Å². The predicted octanol–water partition coefficient (Wildman–Crippen LogP) is 2.89. The lowest BCUT2D eigenvalue weighted by atomic mass is 10.3. The van der Waals surface area contributed by atoms with Gasteiger partial charge >= 0.3 is 6.55 Å². The molecule has 0 saturated carbocycles. The van der Waals surface area contributed by atoms with Crippen molar-refractivity contribution in [2.75, 3.05) is 5.32 Å². The fourth-order valence-corrected chi connectivity index (χ4v) is 1.40. The second-order valence-electron chi connectivity index (χ2n) is 3.25. The summed E-state index contributed by atoms with van der Waals surface area (Å²) in [6.45, 7) is -2.27. The normalized spacial score (nSPS) is 10.7. The van der Waals surface area contributed by atoms with Gasteiger partial charge < -0.3 is 5.32 Å². The van der Waals surface area contributed by atoms with E-state index in [9.17, 15) is 8.78 Å². The van der Waals surface area contributed by atoms with Gasteiger partial charge in [0.15, 0.2) is 0 Å². The fourth-order valence-electron chi connectivity index (χ4n) is 1.40. The summed E-state index contributed by atoms with van der Waals surface area (Å²) in [6.07, 6.45) is 2.64. The molecule has 0 saturated heterocycles. The van der Waals surface area contributed by atoms with E-state index in [0.717, 1.165) is 10.3 Å². The summed E-state index contributed by atoms with van der Waals surface area (Å²) in [5.41, 5.74) is 0.881. The quantitative estimate of drug-likeness (QED) is 0.863. The first kappa shape index (κ1) is 10.6. The zero-order valence-corrected chi connectivity index (χ0v) is 8.48. The molecule has 0 atom stereocenters. The number of nitrogens with zero attached hydrogens (tertiary/aromatic N) is 2. The molecule has 1 N–H and O–H groups in total. The molecule has 2 rings (SSSR count). The Hall–Kier alpha value is -1.91. The van der Waals surface area contributed by atoms with Gasteiger partial charge in [-0.05, 0) is 12.1 Å². The molecule has 84 valence electrons. The number of imidazole rings is 1. The Morgan fingerprint density at radius 3 is 2.69 bits per heavy atom. The largest absolute Gasteiger partial charge is 0.378 e.